The predicted octanol–water partition coefficient (Wildman–Crippen LogP) is 2.02. The molecule has 102 valence electrons. The third-order valence-electron chi connectivity index (χ3n) is 3.78. The first-order chi connectivity index (χ1) is 9.28. The number of aromatic amines is 1. The van der Waals surface area contributed by atoms with E-state index in [1.807, 2.05) is 0 Å². The van der Waals surface area contributed by atoms with Crippen molar-refractivity contribution in [1.82, 2.24) is 15.2 Å². The minimum absolute atomic E-state index is 0.661. The molecule has 0 aliphatic carbocycles. The molecule has 0 aromatic carbocycles. The number of H-pyrrole nitrogens is 1. The highest BCUT2D eigenvalue weighted by Crippen LogP contribution is 2.28. The maximum absolute atomic E-state index is 5.72. The number of aromatic nitrogens is 3. The fourth-order valence-corrected chi connectivity index (χ4v) is 3.35. The molecule has 3 rings (SSSR count). The Kier molecular flexibility index (Phi) is 3.52. The van der Waals surface area contributed by atoms with Gasteiger partial charge in [-0.3, -0.25) is 5.10 Å². The maximum Gasteiger partial charge on any atom is 0.245 e. The molecule has 0 amide bonds. The van der Waals surface area contributed by atoms with Crippen LogP contribution in [0.5, 0.6) is 0 Å². The van der Waals surface area contributed by atoms with Crippen LogP contribution in [0.4, 0.5) is 5.95 Å². The number of nitrogens with two attached hydrogens (primary N) is 1. The van der Waals surface area contributed by atoms with Crippen molar-refractivity contribution in [3.8, 4) is 10.7 Å². The van der Waals surface area contributed by atoms with Crippen molar-refractivity contribution in [3.05, 3.63) is 17.0 Å². The number of piperidine rings is 1. The van der Waals surface area contributed by atoms with Crippen LogP contribution < -0.4 is 10.6 Å². The predicted molar refractivity (Wildman–Crippen MR) is 78.4 cm³/mol. The Labute approximate surface area is 116 Å². The zero-order valence-electron chi connectivity index (χ0n) is 11.1. The lowest BCUT2D eigenvalue weighted by Crippen LogP contribution is -2.36. The molecule has 5 nitrogen and oxygen atoms in total. The summed E-state index contributed by atoms with van der Waals surface area (Å²) in [7, 11) is 0. The van der Waals surface area contributed by atoms with Crippen molar-refractivity contribution >= 4 is 17.3 Å². The molecule has 1 aliphatic heterocycles. The van der Waals surface area contributed by atoms with Crippen molar-refractivity contribution in [3.63, 3.8) is 0 Å². The molecule has 3 N–H and O–H groups in total. The van der Waals surface area contributed by atoms with E-state index < -0.39 is 0 Å². The molecule has 1 aliphatic rings. The largest absolute Gasteiger partial charge is 0.340 e. The first kappa shape index (κ1) is 12.6. The Morgan fingerprint density at radius 1 is 1.47 bits per heavy atom. The molecular weight excluding hydrogens is 258 g/mol. The second-order valence-corrected chi connectivity index (χ2v) is 6.00. The summed E-state index contributed by atoms with van der Waals surface area (Å²) in [6, 6.07) is 2.11. The Hall–Kier alpha value is -1.40. The molecule has 2 aromatic rings. The number of nitrogens with zero attached hydrogens (tertiary/aromatic N) is 3. The molecule has 0 unspecified atom stereocenters. The van der Waals surface area contributed by atoms with Crippen LogP contribution >= 0.6 is 11.3 Å². The van der Waals surface area contributed by atoms with Gasteiger partial charge in [-0.15, -0.1) is 16.4 Å². The van der Waals surface area contributed by atoms with Crippen molar-refractivity contribution in [2.75, 3.05) is 24.5 Å². The smallest absolute Gasteiger partial charge is 0.245 e. The van der Waals surface area contributed by atoms with Crippen LogP contribution in [-0.4, -0.2) is 34.8 Å². The van der Waals surface area contributed by atoms with E-state index in [1.165, 1.54) is 10.4 Å². The highest BCUT2D eigenvalue weighted by atomic mass is 32.1. The van der Waals surface area contributed by atoms with Crippen LogP contribution in [0.15, 0.2) is 11.4 Å². The molecule has 0 radical (unpaired) electrons. The Morgan fingerprint density at radius 3 is 2.89 bits per heavy atom. The molecule has 0 spiro atoms. The first-order valence-corrected chi connectivity index (χ1v) is 7.57. The fraction of sp³-hybridized carbons (Fsp3) is 0.538. The number of thiophene rings is 1. The number of anilines is 1. The zero-order valence-corrected chi connectivity index (χ0v) is 11.9. The number of rotatable bonds is 3. The van der Waals surface area contributed by atoms with Gasteiger partial charge >= 0.3 is 0 Å². The number of aryl methyl sites for hydroxylation is 1. The van der Waals surface area contributed by atoms with Gasteiger partial charge in [0.25, 0.3) is 0 Å². The lowest BCUT2D eigenvalue weighted by Gasteiger charge is -2.30. The van der Waals surface area contributed by atoms with Crippen LogP contribution in [0.1, 0.15) is 18.4 Å². The first-order valence-electron chi connectivity index (χ1n) is 6.70. The van der Waals surface area contributed by atoms with Crippen molar-refractivity contribution < 1.29 is 0 Å². The summed E-state index contributed by atoms with van der Waals surface area (Å²) >= 11 is 1.70. The fourth-order valence-electron chi connectivity index (χ4n) is 2.48. The van der Waals surface area contributed by atoms with E-state index in [1.54, 1.807) is 11.3 Å². The van der Waals surface area contributed by atoms with Crippen LogP contribution in [0.3, 0.4) is 0 Å². The third kappa shape index (κ3) is 2.50. The second-order valence-electron chi connectivity index (χ2n) is 5.08. The Morgan fingerprint density at radius 2 is 2.26 bits per heavy atom. The van der Waals surface area contributed by atoms with Crippen molar-refractivity contribution in [2.45, 2.75) is 19.8 Å². The molecule has 2 aromatic heterocycles. The van der Waals surface area contributed by atoms with E-state index in [9.17, 15) is 0 Å². The van der Waals surface area contributed by atoms with Gasteiger partial charge in [0.2, 0.25) is 5.95 Å². The lowest BCUT2D eigenvalue weighted by atomic mass is 9.97. The second kappa shape index (κ2) is 5.30. The minimum Gasteiger partial charge on any atom is -0.340 e. The van der Waals surface area contributed by atoms with Crippen LogP contribution in [0.25, 0.3) is 10.7 Å². The summed E-state index contributed by atoms with van der Waals surface area (Å²) in [5.41, 5.74) is 6.96. The van der Waals surface area contributed by atoms with E-state index >= 15 is 0 Å². The highest BCUT2D eigenvalue weighted by Gasteiger charge is 2.21. The molecule has 1 fully saturated rings. The topological polar surface area (TPSA) is 70.8 Å². The quantitative estimate of drug-likeness (QED) is 0.900. The molecule has 0 atom stereocenters. The molecule has 1 saturated heterocycles. The molecule has 6 heteroatoms. The molecular formula is C13H19N5S. The zero-order chi connectivity index (χ0) is 13.2. The van der Waals surface area contributed by atoms with Gasteiger partial charge < -0.3 is 10.6 Å². The molecule has 0 saturated carbocycles. The normalized spacial score (nSPS) is 17.1. The summed E-state index contributed by atoms with van der Waals surface area (Å²) in [4.78, 5) is 8.05. The Bertz CT molecular complexity index is 539. The monoisotopic (exact) mass is 277 g/mol. The standard InChI is InChI=1S/C13H19N5S/c1-9-4-7-19-11(9)12-15-13(17-16-12)18-5-2-10(8-14)3-6-18/h4,7,10H,2-3,5-6,8,14H2,1H3,(H,15,16,17). The number of hydrogen-bond donors (Lipinski definition) is 2. The van der Waals surface area contributed by atoms with Gasteiger partial charge in [0.1, 0.15) is 0 Å². The van der Waals surface area contributed by atoms with E-state index in [-0.39, 0.29) is 0 Å². The van der Waals surface area contributed by atoms with Gasteiger partial charge in [-0.2, -0.15) is 4.98 Å². The highest BCUT2D eigenvalue weighted by molar-refractivity contribution is 7.13. The number of hydrogen-bond acceptors (Lipinski definition) is 5. The summed E-state index contributed by atoms with van der Waals surface area (Å²) in [6.07, 6.45) is 2.27. The van der Waals surface area contributed by atoms with Gasteiger partial charge in [-0.05, 0) is 49.2 Å². The Balaban J connectivity index is 1.74. The molecule has 19 heavy (non-hydrogen) atoms. The van der Waals surface area contributed by atoms with Gasteiger partial charge in [0.15, 0.2) is 5.82 Å². The van der Waals surface area contributed by atoms with Gasteiger partial charge in [-0.1, -0.05) is 0 Å². The van der Waals surface area contributed by atoms with Crippen LogP contribution in [0, 0.1) is 12.8 Å². The maximum atomic E-state index is 5.72. The van der Waals surface area contributed by atoms with E-state index in [4.69, 9.17) is 5.73 Å². The van der Waals surface area contributed by atoms with Gasteiger partial charge in [-0.25, -0.2) is 0 Å². The summed E-state index contributed by atoms with van der Waals surface area (Å²) in [5.74, 6) is 2.36. The average Bonchev–Trinajstić information content (AvgIpc) is 3.07. The van der Waals surface area contributed by atoms with Crippen molar-refractivity contribution in [1.29, 1.82) is 0 Å². The van der Waals surface area contributed by atoms with E-state index in [0.29, 0.717) is 5.92 Å². The van der Waals surface area contributed by atoms with Crippen molar-refractivity contribution in [2.24, 2.45) is 11.7 Å². The SMILES string of the molecule is Cc1ccsc1-c1nc(N2CCC(CN)CC2)n[nH]1. The molecule has 0 bridgehead atoms. The summed E-state index contributed by atoms with van der Waals surface area (Å²) < 4.78 is 0. The summed E-state index contributed by atoms with van der Waals surface area (Å²) in [6.45, 7) is 4.90. The van der Waals surface area contributed by atoms with Crippen LogP contribution in [0.2, 0.25) is 0 Å². The molecule has 3 heterocycles. The summed E-state index contributed by atoms with van der Waals surface area (Å²) in [5, 5.41) is 9.49. The third-order valence-corrected chi connectivity index (χ3v) is 4.80. The lowest BCUT2D eigenvalue weighted by molar-refractivity contribution is 0.411. The van der Waals surface area contributed by atoms with Gasteiger partial charge in [0, 0.05) is 13.1 Å². The van der Waals surface area contributed by atoms with E-state index in [2.05, 4.69) is 38.5 Å². The van der Waals surface area contributed by atoms with E-state index in [0.717, 1.165) is 44.2 Å². The number of nitrogens with one attached hydrogen (secondary N) is 1. The van der Waals surface area contributed by atoms with Gasteiger partial charge in [0.05, 0.1) is 4.88 Å². The minimum atomic E-state index is 0.661. The van der Waals surface area contributed by atoms with Crippen LogP contribution in [-0.2, 0) is 0 Å². The average molecular weight is 277 g/mol.